The molecule has 17 heavy (non-hydrogen) atoms. The van der Waals surface area contributed by atoms with Crippen molar-refractivity contribution >= 4 is 17.4 Å². The maximum atomic E-state index is 11.6. The van der Waals surface area contributed by atoms with Crippen molar-refractivity contribution in [2.45, 2.75) is 32.6 Å². The van der Waals surface area contributed by atoms with Crippen LogP contribution in [0, 0.1) is 0 Å². The highest BCUT2D eigenvalue weighted by Gasteiger charge is 2.30. The number of anilines is 1. The number of Topliss-reactive ketones (excluding diaryl/α,β-unsaturated/α-hetero) is 1. The van der Waals surface area contributed by atoms with Crippen LogP contribution in [-0.2, 0) is 21.4 Å². The first-order chi connectivity index (χ1) is 7.84. The molecule has 3 nitrogen and oxygen atoms in total. The number of benzene rings is 1. The second-order valence-corrected chi connectivity index (χ2v) is 5.15. The number of nitrogens with zero attached hydrogens (tertiary/aromatic N) is 1. The van der Waals surface area contributed by atoms with Gasteiger partial charge in [0, 0.05) is 18.2 Å². The standard InChI is InChI=1S/C14H17NO2/c1-9(16)14(2,3)11-5-6-12-10(7-11)8-13(17)15(12)4/h5-7H,8H2,1-4H3. The van der Waals surface area contributed by atoms with Gasteiger partial charge in [-0.15, -0.1) is 0 Å². The van der Waals surface area contributed by atoms with Gasteiger partial charge in [0.15, 0.2) is 0 Å². The number of fused-ring (bicyclic) bond motifs is 1. The maximum Gasteiger partial charge on any atom is 0.231 e. The summed E-state index contributed by atoms with van der Waals surface area (Å²) in [6.07, 6.45) is 0.438. The SMILES string of the molecule is CC(=O)C(C)(C)c1ccc2c(c1)CC(=O)N2C. The van der Waals surface area contributed by atoms with Crippen molar-refractivity contribution in [2.75, 3.05) is 11.9 Å². The van der Waals surface area contributed by atoms with Crippen LogP contribution in [0.5, 0.6) is 0 Å². The van der Waals surface area contributed by atoms with E-state index in [-0.39, 0.29) is 11.7 Å². The summed E-state index contributed by atoms with van der Waals surface area (Å²) < 4.78 is 0. The first kappa shape index (κ1) is 11.8. The monoisotopic (exact) mass is 231 g/mol. The van der Waals surface area contributed by atoms with Gasteiger partial charge in [0.25, 0.3) is 0 Å². The number of carbonyl (C=O) groups is 2. The summed E-state index contributed by atoms with van der Waals surface area (Å²) in [6.45, 7) is 5.43. The molecule has 0 radical (unpaired) electrons. The van der Waals surface area contributed by atoms with Crippen molar-refractivity contribution in [3.63, 3.8) is 0 Å². The number of amides is 1. The Balaban J connectivity index is 2.47. The molecule has 0 spiro atoms. The first-order valence-corrected chi connectivity index (χ1v) is 5.75. The zero-order valence-corrected chi connectivity index (χ0v) is 10.7. The van der Waals surface area contributed by atoms with E-state index in [0.717, 1.165) is 16.8 Å². The van der Waals surface area contributed by atoms with Crippen LogP contribution >= 0.6 is 0 Å². The summed E-state index contributed by atoms with van der Waals surface area (Å²) in [5.74, 6) is 0.243. The van der Waals surface area contributed by atoms with Gasteiger partial charge < -0.3 is 4.90 Å². The predicted molar refractivity (Wildman–Crippen MR) is 67.3 cm³/mol. The van der Waals surface area contributed by atoms with Crippen LogP contribution in [0.4, 0.5) is 5.69 Å². The molecular formula is C14H17NO2. The van der Waals surface area contributed by atoms with Crippen LogP contribution in [0.2, 0.25) is 0 Å². The highest BCUT2D eigenvalue weighted by molar-refractivity contribution is 6.01. The smallest absolute Gasteiger partial charge is 0.231 e. The Kier molecular flexibility index (Phi) is 2.57. The quantitative estimate of drug-likeness (QED) is 0.781. The minimum atomic E-state index is -0.487. The third-order valence-electron chi connectivity index (χ3n) is 3.76. The van der Waals surface area contributed by atoms with Gasteiger partial charge in [0.2, 0.25) is 5.91 Å². The van der Waals surface area contributed by atoms with E-state index in [1.54, 1.807) is 18.9 Å². The number of hydrogen-bond donors (Lipinski definition) is 0. The van der Waals surface area contributed by atoms with E-state index in [4.69, 9.17) is 0 Å². The van der Waals surface area contributed by atoms with Crippen molar-refractivity contribution in [3.8, 4) is 0 Å². The lowest BCUT2D eigenvalue weighted by molar-refractivity contribution is -0.121. The van der Waals surface area contributed by atoms with Crippen LogP contribution in [-0.4, -0.2) is 18.7 Å². The Morgan fingerprint density at radius 3 is 2.59 bits per heavy atom. The van der Waals surface area contributed by atoms with E-state index in [1.807, 2.05) is 32.0 Å². The molecule has 2 rings (SSSR count). The van der Waals surface area contributed by atoms with Gasteiger partial charge in [0.1, 0.15) is 5.78 Å². The van der Waals surface area contributed by atoms with Crippen LogP contribution in [0.3, 0.4) is 0 Å². The largest absolute Gasteiger partial charge is 0.315 e. The highest BCUT2D eigenvalue weighted by Crippen LogP contribution is 2.33. The Morgan fingerprint density at radius 2 is 2.00 bits per heavy atom. The minimum absolute atomic E-state index is 0.109. The number of rotatable bonds is 2. The molecule has 0 aliphatic carbocycles. The molecule has 3 heteroatoms. The van der Waals surface area contributed by atoms with Crippen LogP contribution in [0.15, 0.2) is 18.2 Å². The summed E-state index contributed by atoms with van der Waals surface area (Å²) >= 11 is 0. The fourth-order valence-corrected chi connectivity index (χ4v) is 2.06. The molecule has 1 amide bonds. The molecule has 0 saturated carbocycles. The van der Waals surface area contributed by atoms with Gasteiger partial charge in [-0.2, -0.15) is 0 Å². The molecule has 0 bridgehead atoms. The molecule has 90 valence electrons. The summed E-state index contributed by atoms with van der Waals surface area (Å²) in [4.78, 5) is 24.9. The fourth-order valence-electron chi connectivity index (χ4n) is 2.06. The van der Waals surface area contributed by atoms with Crippen molar-refractivity contribution < 1.29 is 9.59 Å². The summed E-state index contributed by atoms with van der Waals surface area (Å²) in [5, 5.41) is 0. The average Bonchev–Trinajstić information content (AvgIpc) is 2.54. The first-order valence-electron chi connectivity index (χ1n) is 5.75. The van der Waals surface area contributed by atoms with Gasteiger partial charge >= 0.3 is 0 Å². The Labute approximate surface area is 101 Å². The van der Waals surface area contributed by atoms with Crippen molar-refractivity contribution in [2.24, 2.45) is 0 Å². The lowest BCUT2D eigenvalue weighted by atomic mass is 9.80. The predicted octanol–water partition coefficient (Wildman–Crippen LogP) is 2.07. The Hall–Kier alpha value is -1.64. The second kappa shape index (κ2) is 3.69. The third kappa shape index (κ3) is 1.75. The molecule has 1 aliphatic rings. The molecule has 0 saturated heterocycles. The summed E-state index contributed by atoms with van der Waals surface area (Å²) in [7, 11) is 1.78. The van der Waals surface area contributed by atoms with E-state index in [0.29, 0.717) is 6.42 Å². The van der Waals surface area contributed by atoms with Crippen LogP contribution in [0.25, 0.3) is 0 Å². The van der Waals surface area contributed by atoms with E-state index in [9.17, 15) is 9.59 Å². The van der Waals surface area contributed by atoms with Gasteiger partial charge in [-0.1, -0.05) is 12.1 Å². The molecule has 0 aromatic heterocycles. The van der Waals surface area contributed by atoms with Crippen molar-refractivity contribution in [1.29, 1.82) is 0 Å². The number of hydrogen-bond acceptors (Lipinski definition) is 2. The van der Waals surface area contributed by atoms with Gasteiger partial charge in [0.05, 0.1) is 6.42 Å². The third-order valence-corrected chi connectivity index (χ3v) is 3.76. The summed E-state index contributed by atoms with van der Waals surface area (Å²) in [5.41, 5.74) is 2.47. The Bertz CT molecular complexity index is 503. The minimum Gasteiger partial charge on any atom is -0.315 e. The lowest BCUT2D eigenvalue weighted by Gasteiger charge is -2.22. The molecule has 0 unspecified atom stereocenters. The fraction of sp³-hybridized carbons (Fsp3) is 0.429. The second-order valence-electron chi connectivity index (χ2n) is 5.15. The van der Waals surface area contributed by atoms with E-state index >= 15 is 0 Å². The average molecular weight is 231 g/mol. The zero-order valence-electron chi connectivity index (χ0n) is 10.7. The van der Waals surface area contributed by atoms with Crippen LogP contribution < -0.4 is 4.90 Å². The van der Waals surface area contributed by atoms with Crippen molar-refractivity contribution in [3.05, 3.63) is 29.3 Å². The molecule has 0 N–H and O–H groups in total. The van der Waals surface area contributed by atoms with Gasteiger partial charge in [-0.25, -0.2) is 0 Å². The molecular weight excluding hydrogens is 214 g/mol. The molecule has 1 aromatic rings. The molecule has 0 fully saturated rings. The molecule has 1 heterocycles. The number of carbonyl (C=O) groups excluding carboxylic acids is 2. The molecule has 1 aromatic carbocycles. The van der Waals surface area contributed by atoms with Gasteiger partial charge in [-0.3, -0.25) is 9.59 Å². The van der Waals surface area contributed by atoms with Crippen LogP contribution in [0.1, 0.15) is 31.9 Å². The normalized spacial score (nSPS) is 15.1. The van der Waals surface area contributed by atoms with E-state index in [2.05, 4.69) is 0 Å². The molecule has 0 atom stereocenters. The van der Waals surface area contributed by atoms with Gasteiger partial charge in [-0.05, 0) is 38.0 Å². The van der Waals surface area contributed by atoms with Crippen molar-refractivity contribution in [1.82, 2.24) is 0 Å². The number of ketones is 1. The van der Waals surface area contributed by atoms with E-state index in [1.165, 1.54) is 0 Å². The molecule has 1 aliphatic heterocycles. The summed E-state index contributed by atoms with van der Waals surface area (Å²) in [6, 6.07) is 5.85. The lowest BCUT2D eigenvalue weighted by Crippen LogP contribution is -2.26. The number of likely N-dealkylation sites (N-methyl/N-ethyl adjacent to an activating group) is 1. The maximum absolute atomic E-state index is 11.6. The van der Waals surface area contributed by atoms with E-state index < -0.39 is 5.41 Å². The topological polar surface area (TPSA) is 37.4 Å². The zero-order chi connectivity index (χ0) is 12.8. The highest BCUT2D eigenvalue weighted by atomic mass is 16.2. The Morgan fingerprint density at radius 1 is 1.35 bits per heavy atom.